The molecule has 0 saturated heterocycles. The van der Waals surface area contributed by atoms with Gasteiger partial charge in [0, 0.05) is 7.05 Å². The van der Waals surface area contributed by atoms with E-state index in [-0.39, 0.29) is 12.1 Å². The highest BCUT2D eigenvalue weighted by Gasteiger charge is 2.27. The molecule has 3 rings (SSSR count). The Morgan fingerprint density at radius 3 is 2.84 bits per heavy atom. The average molecular weight is 259 g/mol. The van der Waals surface area contributed by atoms with Gasteiger partial charge in [-0.1, -0.05) is 12.1 Å². The summed E-state index contributed by atoms with van der Waals surface area (Å²) in [6, 6.07) is 8.44. The summed E-state index contributed by atoms with van der Waals surface area (Å²) in [6.45, 7) is 3.11. The smallest absolute Gasteiger partial charge is 0.126 e. The Bertz CT molecular complexity index is 572. The summed E-state index contributed by atoms with van der Waals surface area (Å²) >= 11 is 0. The van der Waals surface area contributed by atoms with Gasteiger partial charge in [0.05, 0.1) is 23.2 Å². The van der Waals surface area contributed by atoms with Crippen molar-refractivity contribution in [2.45, 2.75) is 31.9 Å². The second kappa shape index (κ2) is 4.94. The molecule has 1 saturated carbocycles. The number of aliphatic hydroxyl groups excluding tert-OH is 1. The molecule has 1 aromatic carbocycles. The van der Waals surface area contributed by atoms with Crippen LogP contribution in [0.4, 0.5) is 0 Å². The minimum Gasteiger partial charge on any atom is -0.393 e. The molecule has 4 nitrogen and oxygen atoms in total. The lowest BCUT2D eigenvalue weighted by molar-refractivity contribution is 0.0419. The van der Waals surface area contributed by atoms with Gasteiger partial charge in [-0.15, -0.1) is 0 Å². The van der Waals surface area contributed by atoms with Crippen LogP contribution in [0.2, 0.25) is 0 Å². The Balaban J connectivity index is 1.70. The third-order valence-electron chi connectivity index (χ3n) is 4.13. The van der Waals surface area contributed by atoms with E-state index in [4.69, 9.17) is 4.98 Å². The molecule has 102 valence electrons. The minimum absolute atomic E-state index is 0.0714. The largest absolute Gasteiger partial charge is 0.393 e. The Morgan fingerprint density at radius 2 is 2.16 bits per heavy atom. The molecule has 2 N–H and O–H groups in total. The van der Waals surface area contributed by atoms with Crippen molar-refractivity contribution in [1.29, 1.82) is 0 Å². The quantitative estimate of drug-likeness (QED) is 0.883. The van der Waals surface area contributed by atoms with E-state index in [1.165, 1.54) is 5.52 Å². The molecule has 19 heavy (non-hydrogen) atoms. The molecule has 1 aliphatic rings. The number of hydrogen-bond acceptors (Lipinski definition) is 3. The van der Waals surface area contributed by atoms with E-state index < -0.39 is 0 Å². The minimum atomic E-state index is -0.0714. The Hall–Kier alpha value is -1.39. The van der Waals surface area contributed by atoms with Crippen LogP contribution in [-0.2, 0) is 7.05 Å². The summed E-state index contributed by atoms with van der Waals surface area (Å²) in [4.78, 5) is 4.70. The summed E-state index contributed by atoms with van der Waals surface area (Å²) < 4.78 is 2.16. The van der Waals surface area contributed by atoms with Crippen molar-refractivity contribution in [2.24, 2.45) is 13.0 Å². The fourth-order valence-electron chi connectivity index (χ4n) is 2.85. The maximum absolute atomic E-state index is 9.30. The van der Waals surface area contributed by atoms with Crippen molar-refractivity contribution in [1.82, 2.24) is 14.9 Å². The van der Waals surface area contributed by atoms with Crippen molar-refractivity contribution < 1.29 is 5.11 Å². The standard InChI is InChI=1S/C15H21N3O/c1-10(16-9-11-7-12(19)8-11)15-17-13-5-3-4-6-14(13)18(15)2/h3-6,10-12,16,19H,7-9H2,1-2H3. The molecule has 0 amide bonds. The molecule has 0 radical (unpaired) electrons. The van der Waals surface area contributed by atoms with Gasteiger partial charge in [0.15, 0.2) is 0 Å². The Labute approximate surface area is 113 Å². The van der Waals surface area contributed by atoms with Crippen LogP contribution in [-0.4, -0.2) is 27.3 Å². The van der Waals surface area contributed by atoms with E-state index in [1.807, 2.05) is 18.2 Å². The lowest BCUT2D eigenvalue weighted by Crippen LogP contribution is -2.37. The predicted molar refractivity (Wildman–Crippen MR) is 75.9 cm³/mol. The molecule has 1 heterocycles. The van der Waals surface area contributed by atoms with E-state index in [9.17, 15) is 5.11 Å². The number of rotatable bonds is 4. The number of benzene rings is 1. The molecule has 1 fully saturated rings. The molecule has 2 aromatic rings. The number of aryl methyl sites for hydroxylation is 1. The van der Waals surface area contributed by atoms with E-state index in [1.54, 1.807) is 0 Å². The number of aliphatic hydroxyl groups is 1. The van der Waals surface area contributed by atoms with Gasteiger partial charge < -0.3 is 15.0 Å². The van der Waals surface area contributed by atoms with Crippen LogP contribution in [0.25, 0.3) is 11.0 Å². The van der Waals surface area contributed by atoms with Crippen molar-refractivity contribution in [3.8, 4) is 0 Å². The molecular formula is C15H21N3O. The predicted octanol–water partition coefficient (Wildman–Crippen LogP) is 1.99. The van der Waals surface area contributed by atoms with Crippen molar-refractivity contribution in [3.63, 3.8) is 0 Å². The van der Waals surface area contributed by atoms with Gasteiger partial charge in [-0.25, -0.2) is 4.98 Å². The molecule has 4 heteroatoms. The topological polar surface area (TPSA) is 50.1 Å². The highest BCUT2D eigenvalue weighted by Crippen LogP contribution is 2.27. The molecule has 0 aliphatic heterocycles. The summed E-state index contributed by atoms with van der Waals surface area (Å²) in [6.07, 6.45) is 1.79. The van der Waals surface area contributed by atoms with Gasteiger partial charge in [-0.2, -0.15) is 0 Å². The molecule has 0 spiro atoms. The van der Waals surface area contributed by atoms with Crippen molar-refractivity contribution in [2.75, 3.05) is 6.54 Å². The number of hydrogen-bond donors (Lipinski definition) is 2. The van der Waals surface area contributed by atoms with Crippen LogP contribution in [0.15, 0.2) is 24.3 Å². The van der Waals surface area contributed by atoms with Crippen LogP contribution in [0, 0.1) is 5.92 Å². The maximum Gasteiger partial charge on any atom is 0.126 e. The van der Waals surface area contributed by atoms with Crippen LogP contribution in [0.5, 0.6) is 0 Å². The third kappa shape index (κ3) is 2.38. The van der Waals surface area contributed by atoms with Crippen molar-refractivity contribution >= 4 is 11.0 Å². The SMILES string of the molecule is CC(NCC1CC(O)C1)c1nc2ccccc2n1C. The van der Waals surface area contributed by atoms with E-state index in [0.717, 1.165) is 30.7 Å². The first kappa shape index (κ1) is 12.6. The summed E-state index contributed by atoms with van der Waals surface area (Å²) in [5.74, 6) is 1.69. The zero-order chi connectivity index (χ0) is 13.4. The van der Waals surface area contributed by atoms with E-state index >= 15 is 0 Å². The summed E-state index contributed by atoms with van der Waals surface area (Å²) in [7, 11) is 2.07. The first-order chi connectivity index (χ1) is 9.15. The van der Waals surface area contributed by atoms with Gasteiger partial charge in [0.2, 0.25) is 0 Å². The lowest BCUT2D eigenvalue weighted by atomic mass is 9.82. The van der Waals surface area contributed by atoms with Gasteiger partial charge in [0.25, 0.3) is 0 Å². The Kier molecular flexibility index (Phi) is 3.29. The monoisotopic (exact) mass is 259 g/mol. The zero-order valence-corrected chi connectivity index (χ0v) is 11.5. The number of nitrogens with zero attached hydrogens (tertiary/aromatic N) is 2. The number of para-hydroxylation sites is 2. The van der Waals surface area contributed by atoms with Gasteiger partial charge >= 0.3 is 0 Å². The number of imidazole rings is 1. The molecular weight excluding hydrogens is 238 g/mol. The third-order valence-corrected chi connectivity index (χ3v) is 4.13. The molecule has 1 aromatic heterocycles. The highest BCUT2D eigenvalue weighted by atomic mass is 16.3. The van der Waals surface area contributed by atoms with E-state index in [0.29, 0.717) is 5.92 Å². The molecule has 0 bridgehead atoms. The molecule has 1 aliphatic carbocycles. The van der Waals surface area contributed by atoms with Crippen LogP contribution >= 0.6 is 0 Å². The first-order valence-electron chi connectivity index (χ1n) is 6.98. The van der Waals surface area contributed by atoms with Gasteiger partial charge in [-0.05, 0) is 44.4 Å². The number of nitrogens with one attached hydrogen (secondary N) is 1. The van der Waals surface area contributed by atoms with Crippen LogP contribution in [0.3, 0.4) is 0 Å². The number of aromatic nitrogens is 2. The van der Waals surface area contributed by atoms with Crippen LogP contribution in [0.1, 0.15) is 31.6 Å². The highest BCUT2D eigenvalue weighted by molar-refractivity contribution is 5.75. The summed E-state index contributed by atoms with van der Waals surface area (Å²) in [5.41, 5.74) is 2.22. The lowest BCUT2D eigenvalue weighted by Gasteiger charge is -2.32. The second-order valence-corrected chi connectivity index (χ2v) is 5.64. The first-order valence-corrected chi connectivity index (χ1v) is 6.98. The van der Waals surface area contributed by atoms with Crippen LogP contribution < -0.4 is 5.32 Å². The number of fused-ring (bicyclic) bond motifs is 1. The van der Waals surface area contributed by atoms with Gasteiger partial charge in [0.1, 0.15) is 5.82 Å². The molecule has 1 unspecified atom stereocenters. The second-order valence-electron chi connectivity index (χ2n) is 5.64. The zero-order valence-electron chi connectivity index (χ0n) is 11.5. The summed E-state index contributed by atoms with van der Waals surface area (Å²) in [5, 5.41) is 12.8. The fourth-order valence-corrected chi connectivity index (χ4v) is 2.85. The Morgan fingerprint density at radius 1 is 1.42 bits per heavy atom. The fraction of sp³-hybridized carbons (Fsp3) is 0.533. The van der Waals surface area contributed by atoms with E-state index in [2.05, 4.69) is 29.9 Å². The normalized spacial score (nSPS) is 24.4. The van der Waals surface area contributed by atoms with Crippen molar-refractivity contribution in [3.05, 3.63) is 30.1 Å². The molecule has 1 atom stereocenters. The maximum atomic E-state index is 9.30. The average Bonchev–Trinajstić information content (AvgIpc) is 2.71. The van der Waals surface area contributed by atoms with Gasteiger partial charge in [-0.3, -0.25) is 0 Å².